The second kappa shape index (κ2) is 6.36. The molecule has 1 rings (SSSR count). The van der Waals surface area contributed by atoms with Gasteiger partial charge in [0, 0.05) is 6.54 Å². The van der Waals surface area contributed by atoms with Crippen LogP contribution in [0.25, 0.3) is 6.08 Å². The van der Waals surface area contributed by atoms with Crippen LogP contribution in [0.2, 0.25) is 0 Å². The molecule has 0 aliphatic heterocycles. The highest BCUT2D eigenvalue weighted by Gasteiger charge is 1.92. The molecule has 0 aliphatic rings. The van der Waals surface area contributed by atoms with Crippen molar-refractivity contribution in [3.8, 4) is 0 Å². The quantitative estimate of drug-likeness (QED) is 0.731. The van der Waals surface area contributed by atoms with Gasteiger partial charge >= 0.3 is 0 Å². The highest BCUT2D eigenvalue weighted by molar-refractivity contribution is 5.52. The lowest BCUT2D eigenvalue weighted by molar-refractivity contribution is 0.627. The van der Waals surface area contributed by atoms with Crippen molar-refractivity contribution in [2.75, 3.05) is 13.1 Å². The van der Waals surface area contributed by atoms with E-state index in [2.05, 4.69) is 25.2 Å². The first-order chi connectivity index (χ1) is 7.22. The summed E-state index contributed by atoms with van der Waals surface area (Å²) in [5.41, 5.74) is 2.31. The van der Waals surface area contributed by atoms with E-state index in [4.69, 9.17) is 0 Å². The SMILES string of the molecule is CCCNCC(C)=Cc1ccc(F)cc1. The van der Waals surface area contributed by atoms with Crippen LogP contribution in [0, 0.1) is 5.82 Å². The first-order valence-electron chi connectivity index (χ1n) is 5.36. The van der Waals surface area contributed by atoms with Crippen molar-refractivity contribution in [2.45, 2.75) is 20.3 Å². The summed E-state index contributed by atoms with van der Waals surface area (Å²) < 4.78 is 12.6. The van der Waals surface area contributed by atoms with Crippen molar-refractivity contribution >= 4 is 6.08 Å². The van der Waals surface area contributed by atoms with E-state index in [1.807, 2.05) is 0 Å². The van der Waals surface area contributed by atoms with Crippen LogP contribution in [0.15, 0.2) is 29.8 Å². The largest absolute Gasteiger partial charge is 0.313 e. The number of halogens is 1. The van der Waals surface area contributed by atoms with E-state index in [1.54, 1.807) is 12.1 Å². The van der Waals surface area contributed by atoms with Gasteiger partial charge in [0.05, 0.1) is 0 Å². The Balaban J connectivity index is 2.50. The van der Waals surface area contributed by atoms with E-state index < -0.39 is 0 Å². The minimum Gasteiger partial charge on any atom is -0.313 e. The smallest absolute Gasteiger partial charge is 0.123 e. The van der Waals surface area contributed by atoms with E-state index in [-0.39, 0.29) is 5.82 Å². The van der Waals surface area contributed by atoms with E-state index in [9.17, 15) is 4.39 Å². The minimum absolute atomic E-state index is 0.186. The maximum atomic E-state index is 12.6. The van der Waals surface area contributed by atoms with E-state index in [0.717, 1.165) is 25.1 Å². The van der Waals surface area contributed by atoms with Crippen molar-refractivity contribution in [1.82, 2.24) is 5.32 Å². The second-order valence-corrected chi connectivity index (χ2v) is 3.72. The highest BCUT2D eigenvalue weighted by atomic mass is 19.1. The fraction of sp³-hybridized carbons (Fsp3) is 0.385. The van der Waals surface area contributed by atoms with Crippen molar-refractivity contribution in [1.29, 1.82) is 0 Å². The predicted molar refractivity (Wildman–Crippen MR) is 63.2 cm³/mol. The molecule has 0 atom stereocenters. The summed E-state index contributed by atoms with van der Waals surface area (Å²) in [5, 5.41) is 3.32. The third-order valence-electron chi connectivity index (χ3n) is 2.11. The van der Waals surface area contributed by atoms with Gasteiger partial charge in [0.15, 0.2) is 0 Å². The molecular weight excluding hydrogens is 189 g/mol. The maximum absolute atomic E-state index is 12.6. The molecule has 0 bridgehead atoms. The molecule has 1 N–H and O–H groups in total. The lowest BCUT2D eigenvalue weighted by Crippen LogP contribution is -2.16. The van der Waals surface area contributed by atoms with Crippen LogP contribution in [0.4, 0.5) is 4.39 Å². The molecule has 1 aromatic rings. The number of nitrogens with one attached hydrogen (secondary N) is 1. The standard InChI is InChI=1S/C13H18FN/c1-3-8-15-10-11(2)9-12-4-6-13(14)7-5-12/h4-7,9,15H,3,8,10H2,1-2H3. The Morgan fingerprint density at radius 1 is 1.33 bits per heavy atom. The van der Waals surface area contributed by atoms with Crippen LogP contribution in [0.5, 0.6) is 0 Å². The Labute approximate surface area is 91.0 Å². The molecule has 1 aromatic carbocycles. The third kappa shape index (κ3) is 4.75. The van der Waals surface area contributed by atoms with Crippen molar-refractivity contribution in [3.63, 3.8) is 0 Å². The summed E-state index contributed by atoms with van der Waals surface area (Å²) in [5.74, 6) is -0.186. The second-order valence-electron chi connectivity index (χ2n) is 3.72. The summed E-state index contributed by atoms with van der Waals surface area (Å²) in [7, 11) is 0. The molecule has 1 nitrogen and oxygen atoms in total. The van der Waals surface area contributed by atoms with Gasteiger partial charge in [-0.15, -0.1) is 0 Å². The van der Waals surface area contributed by atoms with Crippen LogP contribution in [-0.2, 0) is 0 Å². The van der Waals surface area contributed by atoms with Gasteiger partial charge in [-0.2, -0.15) is 0 Å². The average molecular weight is 207 g/mol. The molecule has 0 radical (unpaired) electrons. The van der Waals surface area contributed by atoms with E-state index in [0.29, 0.717) is 0 Å². The number of hydrogen-bond acceptors (Lipinski definition) is 1. The maximum Gasteiger partial charge on any atom is 0.123 e. The van der Waals surface area contributed by atoms with E-state index >= 15 is 0 Å². The number of rotatable bonds is 5. The van der Waals surface area contributed by atoms with Gasteiger partial charge in [0.25, 0.3) is 0 Å². The molecule has 0 fully saturated rings. The number of hydrogen-bond donors (Lipinski definition) is 1. The van der Waals surface area contributed by atoms with Crippen LogP contribution in [0.3, 0.4) is 0 Å². The molecular formula is C13H18FN. The molecule has 15 heavy (non-hydrogen) atoms. The first-order valence-corrected chi connectivity index (χ1v) is 5.36. The Morgan fingerprint density at radius 3 is 2.60 bits per heavy atom. The summed E-state index contributed by atoms with van der Waals surface area (Å²) in [6, 6.07) is 6.55. The van der Waals surface area contributed by atoms with Crippen molar-refractivity contribution in [2.24, 2.45) is 0 Å². The van der Waals surface area contributed by atoms with Gasteiger partial charge in [-0.1, -0.05) is 30.7 Å². The Kier molecular flexibility index (Phi) is 5.05. The molecule has 0 aromatic heterocycles. The Morgan fingerprint density at radius 2 is 2.00 bits per heavy atom. The van der Waals surface area contributed by atoms with E-state index in [1.165, 1.54) is 17.7 Å². The first kappa shape index (κ1) is 11.9. The van der Waals surface area contributed by atoms with Gasteiger partial charge in [-0.25, -0.2) is 4.39 Å². The number of benzene rings is 1. The summed E-state index contributed by atoms with van der Waals surface area (Å²) in [6.45, 7) is 6.15. The molecule has 0 spiro atoms. The zero-order chi connectivity index (χ0) is 11.1. The predicted octanol–water partition coefficient (Wildman–Crippen LogP) is 3.23. The van der Waals surface area contributed by atoms with Gasteiger partial charge < -0.3 is 5.32 Å². The van der Waals surface area contributed by atoms with Crippen LogP contribution in [0.1, 0.15) is 25.8 Å². The van der Waals surface area contributed by atoms with Gasteiger partial charge in [-0.3, -0.25) is 0 Å². The van der Waals surface area contributed by atoms with Crippen LogP contribution in [-0.4, -0.2) is 13.1 Å². The molecule has 82 valence electrons. The molecule has 0 saturated heterocycles. The third-order valence-corrected chi connectivity index (χ3v) is 2.11. The molecule has 0 amide bonds. The Hall–Kier alpha value is -1.15. The van der Waals surface area contributed by atoms with Crippen molar-refractivity contribution < 1.29 is 4.39 Å². The zero-order valence-corrected chi connectivity index (χ0v) is 9.39. The van der Waals surface area contributed by atoms with Gasteiger partial charge in [0.2, 0.25) is 0 Å². The molecule has 0 aliphatic carbocycles. The van der Waals surface area contributed by atoms with Crippen LogP contribution >= 0.6 is 0 Å². The molecule has 0 heterocycles. The summed E-state index contributed by atoms with van der Waals surface area (Å²) in [4.78, 5) is 0. The fourth-order valence-corrected chi connectivity index (χ4v) is 1.36. The Bertz CT molecular complexity index is 314. The van der Waals surface area contributed by atoms with Gasteiger partial charge in [-0.05, 0) is 37.6 Å². The zero-order valence-electron chi connectivity index (χ0n) is 9.39. The van der Waals surface area contributed by atoms with Crippen LogP contribution < -0.4 is 5.32 Å². The molecule has 0 unspecified atom stereocenters. The lowest BCUT2D eigenvalue weighted by Gasteiger charge is -2.03. The lowest BCUT2D eigenvalue weighted by atomic mass is 10.1. The monoisotopic (exact) mass is 207 g/mol. The summed E-state index contributed by atoms with van der Waals surface area (Å²) >= 11 is 0. The fourth-order valence-electron chi connectivity index (χ4n) is 1.36. The normalized spacial score (nSPS) is 11.8. The minimum atomic E-state index is -0.186. The average Bonchev–Trinajstić information content (AvgIpc) is 2.22. The van der Waals surface area contributed by atoms with Crippen molar-refractivity contribution in [3.05, 3.63) is 41.2 Å². The topological polar surface area (TPSA) is 12.0 Å². The summed E-state index contributed by atoms with van der Waals surface area (Å²) in [6.07, 6.45) is 3.21. The molecule has 2 heteroatoms. The molecule has 0 saturated carbocycles. The van der Waals surface area contributed by atoms with Gasteiger partial charge in [0.1, 0.15) is 5.82 Å². The highest BCUT2D eigenvalue weighted by Crippen LogP contribution is 2.07.